The Kier molecular flexibility index (Phi) is 4.86. The van der Waals surface area contributed by atoms with E-state index in [4.69, 9.17) is 22.1 Å². The molecule has 0 aromatic heterocycles. The van der Waals surface area contributed by atoms with Crippen LogP contribution in [0.3, 0.4) is 0 Å². The van der Waals surface area contributed by atoms with Crippen molar-refractivity contribution in [1.29, 1.82) is 0 Å². The summed E-state index contributed by atoms with van der Waals surface area (Å²) in [7, 11) is 0. The van der Waals surface area contributed by atoms with Gasteiger partial charge in [0, 0.05) is 18.8 Å². The number of morpholine rings is 1. The molecule has 2 unspecified atom stereocenters. The van der Waals surface area contributed by atoms with E-state index in [2.05, 4.69) is 10.2 Å². The highest BCUT2D eigenvalue weighted by Gasteiger charge is 2.26. The van der Waals surface area contributed by atoms with Crippen LogP contribution in [0.1, 0.15) is 13.8 Å². The lowest BCUT2D eigenvalue weighted by molar-refractivity contribution is -0.123. The number of ether oxygens (including phenoxy) is 1. The molecule has 1 amide bonds. The van der Waals surface area contributed by atoms with Gasteiger partial charge in [-0.1, -0.05) is 11.6 Å². The van der Waals surface area contributed by atoms with E-state index in [1.165, 1.54) is 0 Å². The van der Waals surface area contributed by atoms with Gasteiger partial charge in [-0.2, -0.15) is 0 Å². The molecule has 1 aliphatic rings. The van der Waals surface area contributed by atoms with Crippen LogP contribution in [-0.4, -0.2) is 42.6 Å². The van der Waals surface area contributed by atoms with E-state index in [1.807, 2.05) is 13.8 Å². The summed E-state index contributed by atoms with van der Waals surface area (Å²) in [6, 6.07) is 4.82. The zero-order valence-corrected chi connectivity index (χ0v) is 12.5. The standard InChI is InChI=1S/C14H20ClN3O2/c1-9-8-18(5-6-20-9)10(2)14(19)17-13-4-3-11(16)7-12(13)15/h3-4,7,9-10H,5-6,8,16H2,1-2H3,(H,17,19). The molecule has 0 bridgehead atoms. The highest BCUT2D eigenvalue weighted by Crippen LogP contribution is 2.24. The van der Waals surface area contributed by atoms with Crippen LogP contribution in [0.5, 0.6) is 0 Å². The smallest absolute Gasteiger partial charge is 0.241 e. The predicted molar refractivity (Wildman–Crippen MR) is 80.9 cm³/mol. The normalized spacial score (nSPS) is 21.4. The summed E-state index contributed by atoms with van der Waals surface area (Å²) >= 11 is 6.06. The number of carbonyl (C=O) groups is 1. The Balaban J connectivity index is 2.00. The molecule has 1 heterocycles. The molecule has 1 aromatic rings. The molecule has 0 aliphatic carbocycles. The molecule has 5 nitrogen and oxygen atoms in total. The van der Waals surface area contributed by atoms with Crippen molar-refractivity contribution in [2.24, 2.45) is 0 Å². The fourth-order valence-electron chi connectivity index (χ4n) is 2.23. The molecule has 2 rings (SSSR count). The molecule has 20 heavy (non-hydrogen) atoms. The first kappa shape index (κ1) is 15.1. The molecule has 0 spiro atoms. The van der Waals surface area contributed by atoms with Gasteiger partial charge in [0.25, 0.3) is 0 Å². The molecule has 2 atom stereocenters. The number of rotatable bonds is 3. The van der Waals surface area contributed by atoms with Gasteiger partial charge in [0.1, 0.15) is 0 Å². The minimum Gasteiger partial charge on any atom is -0.399 e. The Morgan fingerprint density at radius 1 is 1.60 bits per heavy atom. The number of anilines is 2. The highest BCUT2D eigenvalue weighted by molar-refractivity contribution is 6.34. The van der Waals surface area contributed by atoms with Crippen LogP contribution in [0, 0.1) is 0 Å². The molecular weight excluding hydrogens is 278 g/mol. The third-order valence-electron chi connectivity index (χ3n) is 3.45. The predicted octanol–water partition coefficient (Wildman–Crippen LogP) is 1.97. The Hall–Kier alpha value is -1.30. The van der Waals surface area contributed by atoms with Gasteiger partial charge in [-0.05, 0) is 32.0 Å². The van der Waals surface area contributed by atoms with Gasteiger partial charge in [0.2, 0.25) is 5.91 Å². The van der Waals surface area contributed by atoms with E-state index in [0.717, 1.165) is 13.1 Å². The third kappa shape index (κ3) is 3.62. The summed E-state index contributed by atoms with van der Waals surface area (Å²) in [5.74, 6) is -0.0780. The highest BCUT2D eigenvalue weighted by atomic mass is 35.5. The van der Waals surface area contributed by atoms with Crippen molar-refractivity contribution in [1.82, 2.24) is 4.90 Å². The second kappa shape index (κ2) is 6.43. The van der Waals surface area contributed by atoms with Crippen LogP contribution in [0.25, 0.3) is 0 Å². The summed E-state index contributed by atoms with van der Waals surface area (Å²) < 4.78 is 5.48. The monoisotopic (exact) mass is 297 g/mol. The number of hydrogen-bond acceptors (Lipinski definition) is 4. The molecule has 1 aliphatic heterocycles. The van der Waals surface area contributed by atoms with Crippen molar-refractivity contribution in [3.8, 4) is 0 Å². The Morgan fingerprint density at radius 3 is 3.00 bits per heavy atom. The lowest BCUT2D eigenvalue weighted by Gasteiger charge is -2.34. The Morgan fingerprint density at radius 2 is 2.35 bits per heavy atom. The van der Waals surface area contributed by atoms with Crippen molar-refractivity contribution in [2.45, 2.75) is 26.0 Å². The maximum Gasteiger partial charge on any atom is 0.241 e. The molecule has 1 fully saturated rings. The van der Waals surface area contributed by atoms with Crippen molar-refractivity contribution in [3.05, 3.63) is 23.2 Å². The van der Waals surface area contributed by atoms with E-state index in [1.54, 1.807) is 18.2 Å². The van der Waals surface area contributed by atoms with Crippen LogP contribution in [-0.2, 0) is 9.53 Å². The Labute approximate surface area is 124 Å². The largest absolute Gasteiger partial charge is 0.399 e. The fourth-order valence-corrected chi connectivity index (χ4v) is 2.47. The number of halogens is 1. The second-order valence-corrected chi connectivity index (χ2v) is 5.49. The number of carbonyl (C=O) groups excluding carboxylic acids is 1. The first-order chi connectivity index (χ1) is 9.47. The molecule has 6 heteroatoms. The lowest BCUT2D eigenvalue weighted by Crippen LogP contribution is -2.50. The minimum atomic E-state index is -0.227. The summed E-state index contributed by atoms with van der Waals surface area (Å²) in [4.78, 5) is 14.4. The molecule has 0 saturated carbocycles. The molecule has 110 valence electrons. The van der Waals surface area contributed by atoms with E-state index in [0.29, 0.717) is 23.0 Å². The zero-order chi connectivity index (χ0) is 14.7. The number of hydrogen-bond donors (Lipinski definition) is 2. The number of nitrogens with two attached hydrogens (primary N) is 1. The van der Waals surface area contributed by atoms with E-state index < -0.39 is 0 Å². The lowest BCUT2D eigenvalue weighted by atomic mass is 10.2. The van der Waals surface area contributed by atoms with Crippen molar-refractivity contribution in [2.75, 3.05) is 30.7 Å². The zero-order valence-electron chi connectivity index (χ0n) is 11.7. The number of nitrogens with zero attached hydrogens (tertiary/aromatic N) is 1. The molecule has 1 saturated heterocycles. The van der Waals surface area contributed by atoms with E-state index in [-0.39, 0.29) is 18.1 Å². The number of nitrogens with one attached hydrogen (secondary N) is 1. The molecule has 0 radical (unpaired) electrons. The quantitative estimate of drug-likeness (QED) is 0.837. The number of benzene rings is 1. The van der Waals surface area contributed by atoms with Crippen molar-refractivity contribution >= 4 is 28.9 Å². The average molecular weight is 298 g/mol. The SMILES string of the molecule is CC1CN(C(C)C(=O)Nc2ccc(N)cc2Cl)CCO1. The first-order valence-electron chi connectivity index (χ1n) is 6.69. The summed E-state index contributed by atoms with van der Waals surface area (Å²) in [6.07, 6.45) is 0.152. The van der Waals surface area contributed by atoms with Crippen molar-refractivity contribution in [3.63, 3.8) is 0 Å². The second-order valence-electron chi connectivity index (χ2n) is 5.08. The number of amides is 1. The topological polar surface area (TPSA) is 67.6 Å². The summed E-state index contributed by atoms with van der Waals surface area (Å²) in [5, 5.41) is 3.29. The van der Waals surface area contributed by atoms with Gasteiger partial charge in [0.05, 0.1) is 29.5 Å². The molecular formula is C14H20ClN3O2. The first-order valence-corrected chi connectivity index (χ1v) is 7.06. The summed E-state index contributed by atoms with van der Waals surface area (Å²) in [6.45, 7) is 6.06. The van der Waals surface area contributed by atoms with Crippen LogP contribution < -0.4 is 11.1 Å². The maximum atomic E-state index is 12.3. The number of nitrogen functional groups attached to an aromatic ring is 1. The molecule has 3 N–H and O–H groups in total. The van der Waals surface area contributed by atoms with E-state index in [9.17, 15) is 4.79 Å². The van der Waals surface area contributed by atoms with Gasteiger partial charge < -0.3 is 15.8 Å². The van der Waals surface area contributed by atoms with Gasteiger partial charge in [-0.25, -0.2) is 0 Å². The van der Waals surface area contributed by atoms with Gasteiger partial charge in [-0.3, -0.25) is 9.69 Å². The average Bonchev–Trinajstić information content (AvgIpc) is 2.41. The van der Waals surface area contributed by atoms with Crippen molar-refractivity contribution < 1.29 is 9.53 Å². The maximum absolute atomic E-state index is 12.3. The third-order valence-corrected chi connectivity index (χ3v) is 3.76. The van der Waals surface area contributed by atoms with Crippen LogP contribution >= 0.6 is 11.6 Å². The van der Waals surface area contributed by atoms with Crippen LogP contribution in [0.2, 0.25) is 5.02 Å². The van der Waals surface area contributed by atoms with Crippen LogP contribution in [0.4, 0.5) is 11.4 Å². The summed E-state index contributed by atoms with van der Waals surface area (Å²) in [5.41, 5.74) is 6.79. The fraction of sp³-hybridized carbons (Fsp3) is 0.500. The Bertz CT molecular complexity index is 495. The minimum absolute atomic E-state index is 0.0780. The molecule has 1 aromatic carbocycles. The van der Waals surface area contributed by atoms with Gasteiger partial charge >= 0.3 is 0 Å². The van der Waals surface area contributed by atoms with E-state index >= 15 is 0 Å². The van der Waals surface area contributed by atoms with Crippen LogP contribution in [0.15, 0.2) is 18.2 Å². The van der Waals surface area contributed by atoms with Gasteiger partial charge in [0.15, 0.2) is 0 Å². The van der Waals surface area contributed by atoms with Gasteiger partial charge in [-0.15, -0.1) is 0 Å².